The number of carboxylic acid groups (broad SMARTS) is 1. The fourth-order valence-corrected chi connectivity index (χ4v) is 4.27. The Bertz CT molecular complexity index is 1190. The van der Waals surface area contributed by atoms with Gasteiger partial charge in [0, 0.05) is 48.9 Å². The Morgan fingerprint density at radius 3 is 2.67 bits per heavy atom. The molecule has 30 heavy (non-hydrogen) atoms. The molecule has 1 fully saturated rings. The number of hydrogen-bond donors (Lipinski definition) is 2. The molecule has 3 heterocycles. The second kappa shape index (κ2) is 8.03. The summed E-state index contributed by atoms with van der Waals surface area (Å²) in [6.07, 6.45) is 0.248. The molecule has 0 aliphatic carbocycles. The number of carbonyl (C=O) groups excluding carboxylic acids is 1. The van der Waals surface area contributed by atoms with Crippen LogP contribution in [0.5, 0.6) is 0 Å². The second-order valence-corrected chi connectivity index (χ2v) is 7.67. The highest BCUT2D eigenvalue weighted by Gasteiger charge is 2.23. The van der Waals surface area contributed by atoms with Gasteiger partial charge in [0.2, 0.25) is 11.3 Å². The molecule has 154 valence electrons. The lowest BCUT2D eigenvalue weighted by atomic mass is 10.1. The van der Waals surface area contributed by atoms with Crippen LogP contribution in [0.4, 0.5) is 16.4 Å². The van der Waals surface area contributed by atoms with Crippen LogP contribution in [0.15, 0.2) is 57.6 Å². The third-order valence-corrected chi connectivity index (χ3v) is 5.89. The first-order chi connectivity index (χ1) is 14.5. The van der Waals surface area contributed by atoms with E-state index in [1.165, 1.54) is 28.4 Å². The molecule has 1 aliphatic heterocycles. The van der Waals surface area contributed by atoms with E-state index in [0.29, 0.717) is 48.0 Å². The molecule has 1 aliphatic rings. The summed E-state index contributed by atoms with van der Waals surface area (Å²) >= 11 is 1.31. The number of anilines is 2. The summed E-state index contributed by atoms with van der Waals surface area (Å²) in [7, 11) is 0. The van der Waals surface area contributed by atoms with E-state index in [1.54, 1.807) is 12.1 Å². The van der Waals surface area contributed by atoms with Gasteiger partial charge in [0.15, 0.2) is 11.5 Å². The number of hydrogen-bond acceptors (Lipinski definition) is 6. The molecule has 0 saturated carbocycles. The second-order valence-electron chi connectivity index (χ2n) is 6.79. The predicted molar refractivity (Wildman–Crippen MR) is 116 cm³/mol. The quantitative estimate of drug-likeness (QED) is 0.621. The van der Waals surface area contributed by atoms with E-state index < -0.39 is 6.09 Å². The number of fused-ring (bicyclic) bond motifs is 1. The number of benzene rings is 1. The van der Waals surface area contributed by atoms with Gasteiger partial charge in [-0.3, -0.25) is 9.59 Å². The molecule has 9 heteroatoms. The monoisotopic (exact) mass is 425 g/mol. The van der Waals surface area contributed by atoms with Gasteiger partial charge in [-0.15, -0.1) is 11.3 Å². The third-order valence-electron chi connectivity index (χ3n) is 4.92. The Hall–Kier alpha value is -3.59. The SMILES string of the molecule is C=CC(=O)Nc1cccc(-c2csc3c(=O)cc(N4CCN(C(=O)O)CC4)oc23)c1. The van der Waals surface area contributed by atoms with E-state index in [9.17, 15) is 14.4 Å². The van der Waals surface area contributed by atoms with Crippen molar-refractivity contribution in [3.63, 3.8) is 0 Å². The molecular weight excluding hydrogens is 406 g/mol. The zero-order chi connectivity index (χ0) is 21.3. The van der Waals surface area contributed by atoms with Crippen LogP contribution in [-0.4, -0.2) is 48.2 Å². The van der Waals surface area contributed by atoms with Crippen molar-refractivity contribution in [1.29, 1.82) is 0 Å². The van der Waals surface area contributed by atoms with Crippen molar-refractivity contribution < 1.29 is 19.1 Å². The Labute approximate surface area is 175 Å². The molecule has 0 bridgehead atoms. The van der Waals surface area contributed by atoms with Crippen LogP contribution in [0, 0.1) is 0 Å². The molecule has 1 saturated heterocycles. The highest BCUT2D eigenvalue weighted by Crippen LogP contribution is 2.35. The van der Waals surface area contributed by atoms with Gasteiger partial charge in [-0.05, 0) is 23.8 Å². The Morgan fingerprint density at radius 1 is 1.20 bits per heavy atom. The lowest BCUT2D eigenvalue weighted by Crippen LogP contribution is -2.48. The van der Waals surface area contributed by atoms with Crippen LogP contribution >= 0.6 is 11.3 Å². The topological polar surface area (TPSA) is 103 Å². The van der Waals surface area contributed by atoms with Crippen molar-refractivity contribution in [2.75, 3.05) is 36.4 Å². The van der Waals surface area contributed by atoms with Crippen LogP contribution in [0.1, 0.15) is 0 Å². The summed E-state index contributed by atoms with van der Waals surface area (Å²) in [5, 5.41) is 13.7. The average molecular weight is 425 g/mol. The number of amides is 2. The molecule has 0 spiro atoms. The number of thiophene rings is 1. The Morgan fingerprint density at radius 2 is 1.97 bits per heavy atom. The highest BCUT2D eigenvalue weighted by atomic mass is 32.1. The van der Waals surface area contributed by atoms with E-state index in [4.69, 9.17) is 9.52 Å². The molecule has 4 rings (SSSR count). The van der Waals surface area contributed by atoms with Gasteiger partial charge in [-0.1, -0.05) is 18.7 Å². The molecular formula is C21H19N3O5S. The first-order valence-electron chi connectivity index (χ1n) is 9.28. The molecule has 1 aromatic carbocycles. The molecule has 2 N–H and O–H groups in total. The summed E-state index contributed by atoms with van der Waals surface area (Å²) in [4.78, 5) is 38.6. The number of nitrogens with zero attached hydrogens (tertiary/aromatic N) is 2. The minimum absolute atomic E-state index is 0.140. The standard InChI is InChI=1S/C21H19N3O5S/c1-2-17(26)22-14-5-3-4-13(10-14)15-12-30-20-16(25)11-18(29-19(15)20)23-6-8-24(9-7-23)21(27)28/h2-5,10-12H,1,6-9H2,(H,22,26)(H,27,28). The maximum absolute atomic E-state index is 12.7. The molecule has 2 aromatic heterocycles. The van der Waals surface area contributed by atoms with Crippen LogP contribution < -0.4 is 15.6 Å². The summed E-state index contributed by atoms with van der Waals surface area (Å²) in [6.45, 7) is 5.03. The molecule has 8 nitrogen and oxygen atoms in total. The highest BCUT2D eigenvalue weighted by molar-refractivity contribution is 7.17. The largest absolute Gasteiger partial charge is 0.465 e. The van der Waals surface area contributed by atoms with Crippen molar-refractivity contribution in [2.24, 2.45) is 0 Å². The summed E-state index contributed by atoms with van der Waals surface area (Å²) in [6, 6.07) is 8.72. The van der Waals surface area contributed by atoms with Crippen LogP contribution in [0.25, 0.3) is 21.4 Å². The summed E-state index contributed by atoms with van der Waals surface area (Å²) in [5.74, 6) is 0.116. The molecule has 0 radical (unpaired) electrons. The third kappa shape index (κ3) is 3.79. The van der Waals surface area contributed by atoms with Crippen molar-refractivity contribution in [1.82, 2.24) is 4.90 Å². The van der Waals surface area contributed by atoms with E-state index in [-0.39, 0.29) is 11.3 Å². The van der Waals surface area contributed by atoms with E-state index in [2.05, 4.69) is 11.9 Å². The number of carbonyl (C=O) groups is 2. The van der Waals surface area contributed by atoms with Gasteiger partial charge in [-0.2, -0.15) is 0 Å². The van der Waals surface area contributed by atoms with Crippen molar-refractivity contribution in [3.8, 4) is 11.1 Å². The van der Waals surface area contributed by atoms with Crippen LogP contribution in [-0.2, 0) is 4.79 Å². The number of rotatable bonds is 4. The molecule has 3 aromatic rings. The van der Waals surface area contributed by atoms with Crippen molar-refractivity contribution >= 4 is 45.2 Å². The van der Waals surface area contributed by atoms with Gasteiger partial charge in [-0.25, -0.2) is 4.79 Å². The van der Waals surface area contributed by atoms with Crippen LogP contribution in [0.2, 0.25) is 0 Å². The normalized spacial score (nSPS) is 14.0. The summed E-state index contributed by atoms with van der Waals surface area (Å²) in [5.41, 5.74) is 2.52. The number of piperazine rings is 1. The van der Waals surface area contributed by atoms with Crippen LogP contribution in [0.3, 0.4) is 0 Å². The fraction of sp³-hybridized carbons (Fsp3) is 0.190. The van der Waals surface area contributed by atoms with E-state index in [1.807, 2.05) is 22.4 Å². The minimum Gasteiger partial charge on any atom is -0.465 e. The minimum atomic E-state index is -0.949. The smallest absolute Gasteiger partial charge is 0.407 e. The predicted octanol–water partition coefficient (Wildman–Crippen LogP) is 3.45. The molecule has 0 atom stereocenters. The zero-order valence-corrected chi connectivity index (χ0v) is 16.8. The number of nitrogens with one attached hydrogen (secondary N) is 1. The first-order valence-corrected chi connectivity index (χ1v) is 10.2. The van der Waals surface area contributed by atoms with E-state index >= 15 is 0 Å². The first kappa shape index (κ1) is 19.7. The average Bonchev–Trinajstić information content (AvgIpc) is 3.18. The van der Waals surface area contributed by atoms with Gasteiger partial charge >= 0.3 is 6.09 Å². The maximum atomic E-state index is 12.7. The Balaban J connectivity index is 1.69. The summed E-state index contributed by atoms with van der Waals surface area (Å²) < 4.78 is 6.62. The maximum Gasteiger partial charge on any atom is 0.407 e. The lowest BCUT2D eigenvalue weighted by Gasteiger charge is -2.33. The van der Waals surface area contributed by atoms with E-state index in [0.717, 1.165) is 11.1 Å². The van der Waals surface area contributed by atoms with Gasteiger partial charge < -0.3 is 24.6 Å². The van der Waals surface area contributed by atoms with Crippen molar-refractivity contribution in [2.45, 2.75) is 0 Å². The van der Waals surface area contributed by atoms with Gasteiger partial charge in [0.1, 0.15) is 4.70 Å². The fourth-order valence-electron chi connectivity index (χ4n) is 3.36. The van der Waals surface area contributed by atoms with Gasteiger partial charge in [0.25, 0.3) is 0 Å². The zero-order valence-electron chi connectivity index (χ0n) is 16.0. The van der Waals surface area contributed by atoms with Gasteiger partial charge in [0.05, 0.1) is 0 Å². The Kier molecular flexibility index (Phi) is 5.28. The van der Waals surface area contributed by atoms with Crippen molar-refractivity contribution in [3.05, 3.63) is 58.6 Å². The molecule has 0 unspecified atom stereocenters. The lowest BCUT2D eigenvalue weighted by molar-refractivity contribution is -0.111. The molecule has 2 amide bonds.